The fourth-order valence-corrected chi connectivity index (χ4v) is 3.60. The number of carbonyl (C=O) groups is 1. The van der Waals surface area contributed by atoms with Crippen molar-refractivity contribution in [2.75, 3.05) is 0 Å². The Bertz CT molecular complexity index is 441. The third kappa shape index (κ3) is 3.93. The average Bonchev–Trinajstić information content (AvgIpc) is 2.50. The van der Waals surface area contributed by atoms with E-state index in [-0.39, 0.29) is 48.1 Å². The van der Waals surface area contributed by atoms with Crippen molar-refractivity contribution in [2.24, 2.45) is 17.8 Å². The Balaban J connectivity index is 2.17. The lowest BCUT2D eigenvalue weighted by atomic mass is 9.84. The Labute approximate surface area is 144 Å². The normalized spacial score (nSPS) is 49.7. The highest BCUT2D eigenvalue weighted by molar-refractivity contribution is 5.66. The Morgan fingerprint density at radius 3 is 2.00 bits per heavy atom. The fraction of sp³-hybridized carbons (Fsp3) is 0.944. The maximum absolute atomic E-state index is 11.5. The van der Waals surface area contributed by atoms with Crippen LogP contribution in [0.5, 0.6) is 0 Å². The van der Waals surface area contributed by atoms with Crippen LogP contribution in [-0.4, -0.2) is 54.0 Å². The number of carbonyl (C=O) groups excluding carboxylic acids is 1. The van der Waals surface area contributed by atoms with E-state index in [1.54, 1.807) is 0 Å². The van der Waals surface area contributed by atoms with Crippen LogP contribution in [0.3, 0.4) is 0 Å². The zero-order valence-electron chi connectivity index (χ0n) is 15.8. The monoisotopic (exact) mass is 344 g/mol. The lowest BCUT2D eigenvalue weighted by Gasteiger charge is -2.47. The largest absolute Gasteiger partial charge is 0.457 e. The molecule has 0 aromatic carbocycles. The van der Waals surface area contributed by atoms with Crippen LogP contribution >= 0.6 is 0 Å². The lowest BCUT2D eigenvalue weighted by Crippen LogP contribution is -2.58. The number of aliphatic hydroxyl groups is 1. The summed E-state index contributed by atoms with van der Waals surface area (Å²) in [6, 6.07) is 0. The predicted octanol–water partition coefficient (Wildman–Crippen LogP) is 2.12. The van der Waals surface area contributed by atoms with Crippen molar-refractivity contribution in [2.45, 2.75) is 91.4 Å². The Kier molecular flexibility index (Phi) is 6.29. The molecule has 6 heteroatoms. The molecule has 0 saturated carbocycles. The number of rotatable bonds is 3. The molecule has 0 amide bonds. The molecule has 2 heterocycles. The zero-order chi connectivity index (χ0) is 18.2. The van der Waals surface area contributed by atoms with Crippen molar-refractivity contribution >= 4 is 5.97 Å². The molecule has 140 valence electrons. The molecule has 2 fully saturated rings. The van der Waals surface area contributed by atoms with Gasteiger partial charge in [-0.1, -0.05) is 20.8 Å². The minimum Gasteiger partial charge on any atom is -0.457 e. The van der Waals surface area contributed by atoms with Crippen LogP contribution in [0.1, 0.15) is 48.5 Å². The molecule has 24 heavy (non-hydrogen) atoms. The van der Waals surface area contributed by atoms with Gasteiger partial charge in [0.15, 0.2) is 12.4 Å². The van der Waals surface area contributed by atoms with Gasteiger partial charge in [0.2, 0.25) is 0 Å². The SMILES string of the molecule is CC(=O)OC1[C@H](C)OC(C)[C@H](C)[C@@H]1O[C@@H]1OC(C)[C@H](C)[C@H](C)C1O. The van der Waals surface area contributed by atoms with Crippen molar-refractivity contribution in [1.82, 2.24) is 0 Å². The van der Waals surface area contributed by atoms with Crippen LogP contribution in [0.4, 0.5) is 0 Å². The summed E-state index contributed by atoms with van der Waals surface area (Å²) in [5, 5.41) is 10.6. The van der Waals surface area contributed by atoms with Gasteiger partial charge in [-0.25, -0.2) is 0 Å². The van der Waals surface area contributed by atoms with Gasteiger partial charge in [-0.2, -0.15) is 0 Å². The number of esters is 1. The van der Waals surface area contributed by atoms with E-state index in [4.69, 9.17) is 18.9 Å². The van der Waals surface area contributed by atoms with Gasteiger partial charge in [0.1, 0.15) is 12.2 Å². The van der Waals surface area contributed by atoms with E-state index < -0.39 is 18.5 Å². The molecule has 0 radical (unpaired) electrons. The van der Waals surface area contributed by atoms with E-state index in [1.165, 1.54) is 6.92 Å². The van der Waals surface area contributed by atoms with Gasteiger partial charge in [0.05, 0.1) is 18.3 Å². The smallest absolute Gasteiger partial charge is 0.303 e. The maximum atomic E-state index is 11.5. The van der Waals surface area contributed by atoms with Crippen molar-refractivity contribution in [3.63, 3.8) is 0 Å². The Morgan fingerprint density at radius 1 is 0.833 bits per heavy atom. The average molecular weight is 344 g/mol. The highest BCUT2D eigenvalue weighted by atomic mass is 16.7. The highest BCUT2D eigenvalue weighted by Crippen LogP contribution is 2.36. The quantitative estimate of drug-likeness (QED) is 0.791. The van der Waals surface area contributed by atoms with Crippen LogP contribution in [0.15, 0.2) is 0 Å². The lowest BCUT2D eigenvalue weighted by molar-refractivity contribution is -0.314. The van der Waals surface area contributed by atoms with E-state index in [9.17, 15) is 9.90 Å². The molecule has 2 rings (SSSR count). The van der Waals surface area contributed by atoms with Gasteiger partial charge >= 0.3 is 5.97 Å². The molecule has 0 bridgehead atoms. The molecule has 0 spiro atoms. The molecule has 10 atom stereocenters. The summed E-state index contributed by atoms with van der Waals surface area (Å²) in [5.41, 5.74) is 0. The first-order valence-corrected chi connectivity index (χ1v) is 8.95. The molecule has 2 saturated heterocycles. The van der Waals surface area contributed by atoms with Crippen molar-refractivity contribution in [3.05, 3.63) is 0 Å². The molecule has 0 aromatic heterocycles. The van der Waals surface area contributed by atoms with Crippen molar-refractivity contribution in [3.8, 4) is 0 Å². The molecule has 0 aromatic rings. The van der Waals surface area contributed by atoms with Gasteiger partial charge in [-0.15, -0.1) is 0 Å². The minimum atomic E-state index is -0.728. The molecule has 4 unspecified atom stereocenters. The Morgan fingerprint density at radius 2 is 1.42 bits per heavy atom. The summed E-state index contributed by atoms with van der Waals surface area (Å²) >= 11 is 0. The third-order valence-electron chi connectivity index (χ3n) is 5.80. The number of ether oxygens (including phenoxy) is 4. The number of hydrogen-bond acceptors (Lipinski definition) is 6. The first-order valence-electron chi connectivity index (χ1n) is 8.95. The second-order valence-electron chi connectivity index (χ2n) is 7.50. The summed E-state index contributed by atoms with van der Waals surface area (Å²) in [6.45, 7) is 13.3. The molecule has 2 aliphatic rings. The summed E-state index contributed by atoms with van der Waals surface area (Å²) in [5.74, 6) is -0.0532. The van der Waals surface area contributed by atoms with E-state index >= 15 is 0 Å². The van der Waals surface area contributed by atoms with Crippen molar-refractivity contribution in [1.29, 1.82) is 0 Å². The Hall–Kier alpha value is -0.690. The summed E-state index contributed by atoms with van der Waals surface area (Å²) < 4.78 is 23.4. The summed E-state index contributed by atoms with van der Waals surface area (Å²) in [7, 11) is 0. The summed E-state index contributed by atoms with van der Waals surface area (Å²) in [6.07, 6.45) is -2.67. The van der Waals surface area contributed by atoms with E-state index in [0.29, 0.717) is 0 Å². The molecule has 6 nitrogen and oxygen atoms in total. The van der Waals surface area contributed by atoms with Crippen LogP contribution < -0.4 is 0 Å². The highest BCUT2D eigenvalue weighted by Gasteiger charge is 2.47. The van der Waals surface area contributed by atoms with Crippen LogP contribution in [0, 0.1) is 17.8 Å². The first-order chi connectivity index (χ1) is 11.1. The van der Waals surface area contributed by atoms with Gasteiger partial charge in [-0.05, 0) is 32.6 Å². The minimum absolute atomic E-state index is 0.00584. The first kappa shape index (κ1) is 19.6. The van der Waals surface area contributed by atoms with Gasteiger partial charge < -0.3 is 24.1 Å². The standard InChI is InChI=1S/C18H32O6/c1-8-9(2)15(20)18(22-11(8)4)24-16-10(3)12(5)21-13(6)17(16)23-14(7)19/h8-13,15-18,20H,1-7H3/t8-,9+,10+,11?,12?,13+,15?,16+,17?,18+/m1/s1. The predicted molar refractivity (Wildman–Crippen MR) is 88.3 cm³/mol. The second kappa shape index (κ2) is 7.68. The molecule has 1 N–H and O–H groups in total. The van der Waals surface area contributed by atoms with Gasteiger partial charge in [0, 0.05) is 12.8 Å². The van der Waals surface area contributed by atoms with Crippen LogP contribution in [-0.2, 0) is 23.7 Å². The fourth-order valence-electron chi connectivity index (χ4n) is 3.60. The third-order valence-corrected chi connectivity index (χ3v) is 5.80. The van der Waals surface area contributed by atoms with Crippen molar-refractivity contribution < 1.29 is 28.8 Å². The van der Waals surface area contributed by atoms with Crippen LogP contribution in [0.2, 0.25) is 0 Å². The molecular formula is C18H32O6. The summed E-state index contributed by atoms with van der Waals surface area (Å²) in [4.78, 5) is 11.5. The van der Waals surface area contributed by atoms with E-state index in [2.05, 4.69) is 6.92 Å². The van der Waals surface area contributed by atoms with Gasteiger partial charge in [0.25, 0.3) is 0 Å². The zero-order valence-corrected chi connectivity index (χ0v) is 15.8. The number of hydrogen-bond donors (Lipinski definition) is 1. The molecular weight excluding hydrogens is 312 g/mol. The topological polar surface area (TPSA) is 74.2 Å². The van der Waals surface area contributed by atoms with Gasteiger partial charge in [-0.3, -0.25) is 4.79 Å². The maximum Gasteiger partial charge on any atom is 0.303 e. The van der Waals surface area contributed by atoms with E-state index in [0.717, 1.165) is 0 Å². The molecule has 0 aliphatic carbocycles. The molecule has 2 aliphatic heterocycles. The van der Waals surface area contributed by atoms with Crippen LogP contribution in [0.25, 0.3) is 0 Å². The number of aliphatic hydroxyl groups excluding tert-OH is 1. The van der Waals surface area contributed by atoms with E-state index in [1.807, 2.05) is 34.6 Å². The second-order valence-corrected chi connectivity index (χ2v) is 7.50.